The zero-order chi connectivity index (χ0) is 14.9. The van der Waals surface area contributed by atoms with Gasteiger partial charge in [0.2, 0.25) is 0 Å². The first kappa shape index (κ1) is 15.4. The molecule has 2 aromatic carbocycles. The topological polar surface area (TPSA) is 38.3 Å². The maximum absolute atomic E-state index is 12.0. The molecule has 21 heavy (non-hydrogen) atoms. The minimum atomic E-state index is -0.0818. The summed E-state index contributed by atoms with van der Waals surface area (Å²) in [6.45, 7) is 1.16. The Hall–Kier alpha value is -2.00. The van der Waals surface area contributed by atoms with Crippen LogP contribution < -0.4 is 10.1 Å². The molecule has 0 spiro atoms. The van der Waals surface area contributed by atoms with Crippen molar-refractivity contribution in [3.8, 4) is 5.75 Å². The highest BCUT2D eigenvalue weighted by Gasteiger charge is 2.05. The third kappa shape index (κ3) is 5.12. The van der Waals surface area contributed by atoms with Gasteiger partial charge in [0, 0.05) is 18.0 Å². The fraction of sp³-hybridized carbons (Fsp3) is 0.235. The fourth-order valence-corrected chi connectivity index (χ4v) is 2.04. The second-order valence-electron chi connectivity index (χ2n) is 4.60. The maximum atomic E-state index is 12.0. The Labute approximate surface area is 129 Å². The predicted octanol–water partition coefficient (Wildman–Crippen LogP) is 3.62. The first-order valence-corrected chi connectivity index (χ1v) is 7.44. The Bertz CT molecular complexity index is 572. The number of nitrogens with one attached hydrogen (secondary N) is 1. The van der Waals surface area contributed by atoms with E-state index in [1.54, 1.807) is 6.07 Å². The summed E-state index contributed by atoms with van der Waals surface area (Å²) in [6.07, 6.45) is 0.760. The molecule has 0 saturated carbocycles. The van der Waals surface area contributed by atoms with E-state index in [4.69, 9.17) is 16.3 Å². The predicted molar refractivity (Wildman–Crippen MR) is 84.9 cm³/mol. The van der Waals surface area contributed by atoms with E-state index >= 15 is 0 Å². The van der Waals surface area contributed by atoms with Crippen LogP contribution >= 0.6 is 11.6 Å². The Morgan fingerprint density at radius 1 is 1.10 bits per heavy atom. The van der Waals surface area contributed by atoms with Crippen molar-refractivity contribution in [2.45, 2.75) is 12.3 Å². The van der Waals surface area contributed by atoms with Crippen molar-refractivity contribution in [1.29, 1.82) is 0 Å². The highest BCUT2D eigenvalue weighted by molar-refractivity contribution is 6.17. The van der Waals surface area contributed by atoms with Gasteiger partial charge in [-0.15, -0.1) is 11.6 Å². The van der Waals surface area contributed by atoms with Crippen molar-refractivity contribution in [3.63, 3.8) is 0 Å². The molecule has 4 heteroatoms. The molecule has 0 aromatic heterocycles. The van der Waals surface area contributed by atoms with Gasteiger partial charge < -0.3 is 10.1 Å². The van der Waals surface area contributed by atoms with Gasteiger partial charge in [0.25, 0.3) is 5.91 Å². The van der Waals surface area contributed by atoms with E-state index in [0.29, 0.717) is 24.6 Å². The maximum Gasteiger partial charge on any atom is 0.251 e. The first-order chi connectivity index (χ1) is 10.3. The summed E-state index contributed by atoms with van der Waals surface area (Å²) < 4.78 is 5.56. The number of benzene rings is 2. The zero-order valence-electron chi connectivity index (χ0n) is 11.7. The monoisotopic (exact) mass is 303 g/mol. The largest absolute Gasteiger partial charge is 0.494 e. The molecular weight excluding hydrogens is 286 g/mol. The van der Waals surface area contributed by atoms with Crippen molar-refractivity contribution in [2.75, 3.05) is 13.2 Å². The number of rotatable bonds is 7. The summed E-state index contributed by atoms with van der Waals surface area (Å²) in [4.78, 5) is 12.0. The van der Waals surface area contributed by atoms with Crippen LogP contribution in [-0.2, 0) is 5.88 Å². The van der Waals surface area contributed by atoms with Gasteiger partial charge in [-0.05, 0) is 36.2 Å². The molecule has 1 amide bonds. The molecule has 0 saturated heterocycles. The van der Waals surface area contributed by atoms with Gasteiger partial charge in [-0.25, -0.2) is 0 Å². The van der Waals surface area contributed by atoms with Crippen LogP contribution in [0.15, 0.2) is 54.6 Å². The van der Waals surface area contributed by atoms with Crippen LogP contribution in [0.25, 0.3) is 0 Å². The average Bonchev–Trinajstić information content (AvgIpc) is 2.55. The lowest BCUT2D eigenvalue weighted by molar-refractivity contribution is 0.0951. The molecule has 1 N–H and O–H groups in total. The van der Waals surface area contributed by atoms with Crippen molar-refractivity contribution >= 4 is 17.5 Å². The second kappa shape index (κ2) is 8.32. The number of alkyl halides is 1. The summed E-state index contributed by atoms with van der Waals surface area (Å²) in [5.41, 5.74) is 1.58. The highest BCUT2D eigenvalue weighted by atomic mass is 35.5. The van der Waals surface area contributed by atoms with Crippen molar-refractivity contribution in [1.82, 2.24) is 5.32 Å². The zero-order valence-corrected chi connectivity index (χ0v) is 12.5. The third-order valence-electron chi connectivity index (χ3n) is 2.96. The molecule has 0 aliphatic rings. The number of ether oxygens (including phenoxy) is 1. The molecule has 3 nitrogen and oxygen atoms in total. The number of para-hydroxylation sites is 1. The summed E-state index contributed by atoms with van der Waals surface area (Å²) in [6, 6.07) is 17.0. The minimum absolute atomic E-state index is 0.0818. The number of halogens is 1. The number of hydrogen-bond donors (Lipinski definition) is 1. The van der Waals surface area contributed by atoms with Gasteiger partial charge in [0.05, 0.1) is 6.61 Å². The van der Waals surface area contributed by atoms with Crippen LogP contribution in [0, 0.1) is 0 Å². The normalized spacial score (nSPS) is 10.1. The van der Waals surface area contributed by atoms with Gasteiger partial charge in [0.1, 0.15) is 5.75 Å². The summed E-state index contributed by atoms with van der Waals surface area (Å²) in [5, 5.41) is 2.87. The van der Waals surface area contributed by atoms with Crippen molar-refractivity contribution in [2.24, 2.45) is 0 Å². The molecule has 0 aliphatic heterocycles. The van der Waals surface area contributed by atoms with Crippen molar-refractivity contribution in [3.05, 3.63) is 65.7 Å². The number of carbonyl (C=O) groups is 1. The number of hydrogen-bond acceptors (Lipinski definition) is 2. The number of amides is 1. The highest BCUT2D eigenvalue weighted by Crippen LogP contribution is 2.09. The average molecular weight is 304 g/mol. The van der Waals surface area contributed by atoms with Crippen LogP contribution in [0.3, 0.4) is 0 Å². The molecule has 0 atom stereocenters. The van der Waals surface area contributed by atoms with Crippen LogP contribution in [0.4, 0.5) is 0 Å². The van der Waals surface area contributed by atoms with Crippen LogP contribution in [0.5, 0.6) is 5.75 Å². The standard InChI is InChI=1S/C17H18ClNO2/c18-13-14-6-4-7-15(12-14)17(20)19-10-5-11-21-16-8-2-1-3-9-16/h1-4,6-9,12H,5,10-11,13H2,(H,19,20). The molecule has 0 fully saturated rings. The molecule has 0 bridgehead atoms. The van der Waals surface area contributed by atoms with Gasteiger partial charge >= 0.3 is 0 Å². The van der Waals surface area contributed by atoms with Gasteiger partial charge in [0.15, 0.2) is 0 Å². The lowest BCUT2D eigenvalue weighted by Crippen LogP contribution is -2.25. The van der Waals surface area contributed by atoms with E-state index in [2.05, 4.69) is 5.32 Å². The molecule has 2 aromatic rings. The van der Waals surface area contributed by atoms with E-state index in [9.17, 15) is 4.79 Å². The van der Waals surface area contributed by atoms with Gasteiger partial charge in [-0.3, -0.25) is 4.79 Å². The van der Waals surface area contributed by atoms with E-state index < -0.39 is 0 Å². The quantitative estimate of drug-likeness (QED) is 0.626. The van der Waals surface area contributed by atoms with E-state index in [1.165, 1.54) is 0 Å². The Morgan fingerprint density at radius 2 is 1.90 bits per heavy atom. The van der Waals surface area contributed by atoms with E-state index in [0.717, 1.165) is 17.7 Å². The summed E-state index contributed by atoms with van der Waals surface area (Å²) in [5.74, 6) is 1.17. The third-order valence-corrected chi connectivity index (χ3v) is 3.27. The molecule has 110 valence electrons. The summed E-state index contributed by atoms with van der Waals surface area (Å²) >= 11 is 5.76. The smallest absolute Gasteiger partial charge is 0.251 e. The lowest BCUT2D eigenvalue weighted by Gasteiger charge is -2.08. The van der Waals surface area contributed by atoms with Crippen LogP contribution in [0.1, 0.15) is 22.3 Å². The molecule has 0 heterocycles. The van der Waals surface area contributed by atoms with Gasteiger partial charge in [-0.1, -0.05) is 30.3 Å². The fourth-order valence-electron chi connectivity index (χ4n) is 1.88. The van der Waals surface area contributed by atoms with Crippen LogP contribution in [0.2, 0.25) is 0 Å². The molecule has 2 rings (SSSR count). The SMILES string of the molecule is O=C(NCCCOc1ccccc1)c1cccc(CCl)c1. The Morgan fingerprint density at radius 3 is 2.67 bits per heavy atom. The first-order valence-electron chi connectivity index (χ1n) is 6.90. The second-order valence-corrected chi connectivity index (χ2v) is 4.87. The van der Waals surface area contributed by atoms with E-state index in [1.807, 2.05) is 48.5 Å². The molecule has 0 radical (unpaired) electrons. The van der Waals surface area contributed by atoms with E-state index in [-0.39, 0.29) is 5.91 Å². The Kier molecular flexibility index (Phi) is 6.10. The number of carbonyl (C=O) groups excluding carboxylic acids is 1. The van der Waals surface area contributed by atoms with Crippen molar-refractivity contribution < 1.29 is 9.53 Å². The summed E-state index contributed by atoms with van der Waals surface area (Å²) in [7, 11) is 0. The van der Waals surface area contributed by atoms with Gasteiger partial charge in [-0.2, -0.15) is 0 Å². The minimum Gasteiger partial charge on any atom is -0.494 e. The molecular formula is C17H18ClNO2. The van der Waals surface area contributed by atoms with Crippen LogP contribution in [-0.4, -0.2) is 19.1 Å². The lowest BCUT2D eigenvalue weighted by atomic mass is 10.1. The molecule has 0 aliphatic carbocycles. The molecule has 0 unspecified atom stereocenters. The Balaban J connectivity index is 1.69.